The summed E-state index contributed by atoms with van der Waals surface area (Å²) in [5.41, 5.74) is 0. The molecule has 0 fully saturated rings. The monoisotopic (exact) mass is 174 g/mol. The lowest BCUT2D eigenvalue weighted by Crippen LogP contribution is -2.34. The van der Waals surface area contributed by atoms with Gasteiger partial charge >= 0.3 is 0 Å². The Morgan fingerprint density at radius 1 is 1.00 bits per heavy atom. The molecule has 0 aromatic rings. The standard InChI is InChI=1S/C4H11O3P.ClH/c5-1-4(8,2-6)3-7;/h5-7H,1-3,8H2;1H. The first-order valence-electron chi connectivity index (χ1n) is 2.30. The predicted molar refractivity (Wildman–Crippen MR) is 40.9 cm³/mol. The van der Waals surface area contributed by atoms with E-state index >= 15 is 0 Å². The summed E-state index contributed by atoms with van der Waals surface area (Å²) in [6.07, 6.45) is 0. The molecule has 0 bridgehead atoms. The van der Waals surface area contributed by atoms with Crippen molar-refractivity contribution in [2.24, 2.45) is 0 Å². The van der Waals surface area contributed by atoms with Gasteiger partial charge in [0.1, 0.15) is 0 Å². The normalized spacial score (nSPS) is 10.7. The molecule has 1 unspecified atom stereocenters. The maximum Gasteiger partial charge on any atom is 0.0566 e. The molecule has 58 valence electrons. The molecule has 0 aliphatic rings. The van der Waals surface area contributed by atoms with Gasteiger partial charge in [0.2, 0.25) is 0 Å². The molecule has 0 aliphatic carbocycles. The average molecular weight is 175 g/mol. The van der Waals surface area contributed by atoms with Crippen molar-refractivity contribution in [3.8, 4) is 0 Å². The fourth-order valence-electron chi connectivity index (χ4n) is 0.150. The maximum absolute atomic E-state index is 8.44. The highest BCUT2D eigenvalue weighted by Crippen LogP contribution is 2.14. The van der Waals surface area contributed by atoms with E-state index in [9.17, 15) is 0 Å². The minimum Gasteiger partial charge on any atom is -0.395 e. The van der Waals surface area contributed by atoms with Crippen molar-refractivity contribution in [1.82, 2.24) is 0 Å². The van der Waals surface area contributed by atoms with Crippen LogP contribution in [0.4, 0.5) is 0 Å². The second-order valence-electron chi connectivity index (χ2n) is 1.84. The van der Waals surface area contributed by atoms with Gasteiger partial charge in [0.15, 0.2) is 0 Å². The maximum atomic E-state index is 8.44. The van der Waals surface area contributed by atoms with Crippen molar-refractivity contribution < 1.29 is 15.3 Å². The Hall–Kier alpha value is 0.600. The van der Waals surface area contributed by atoms with Crippen molar-refractivity contribution in [3.05, 3.63) is 0 Å². The molecule has 5 heteroatoms. The van der Waals surface area contributed by atoms with Gasteiger partial charge in [-0.05, 0) is 0 Å². The third-order valence-corrected chi connectivity index (χ3v) is 1.49. The fourth-order valence-corrected chi connectivity index (χ4v) is 0.150. The largest absolute Gasteiger partial charge is 0.395 e. The zero-order valence-corrected chi connectivity index (χ0v) is 6.92. The molecule has 0 heterocycles. The van der Waals surface area contributed by atoms with Crippen LogP contribution in [0.15, 0.2) is 0 Å². The molecule has 0 amide bonds. The van der Waals surface area contributed by atoms with Gasteiger partial charge in [-0.2, -0.15) is 0 Å². The minimum absolute atomic E-state index is 0. The van der Waals surface area contributed by atoms with Crippen molar-refractivity contribution in [1.29, 1.82) is 0 Å². The first-order chi connectivity index (χ1) is 3.68. The van der Waals surface area contributed by atoms with Gasteiger partial charge in [0.05, 0.1) is 25.0 Å². The van der Waals surface area contributed by atoms with Gasteiger partial charge in [-0.15, -0.1) is 21.6 Å². The molecule has 0 radical (unpaired) electrons. The highest BCUT2D eigenvalue weighted by atomic mass is 35.5. The van der Waals surface area contributed by atoms with E-state index < -0.39 is 5.16 Å². The zero-order valence-electron chi connectivity index (χ0n) is 4.95. The SMILES string of the molecule is Cl.OCC(P)(CO)CO. The molecule has 0 saturated carbocycles. The molecule has 9 heavy (non-hydrogen) atoms. The van der Waals surface area contributed by atoms with Crippen LogP contribution in [0.5, 0.6) is 0 Å². The molecule has 0 aromatic heterocycles. The fraction of sp³-hybridized carbons (Fsp3) is 1.00. The summed E-state index contributed by atoms with van der Waals surface area (Å²) < 4.78 is 0. The third kappa shape index (κ3) is 4.06. The van der Waals surface area contributed by atoms with Crippen molar-refractivity contribution >= 4 is 21.6 Å². The van der Waals surface area contributed by atoms with E-state index in [4.69, 9.17) is 15.3 Å². The predicted octanol–water partition coefficient (Wildman–Crippen LogP) is -1.00. The van der Waals surface area contributed by atoms with Gasteiger partial charge in [-0.1, -0.05) is 0 Å². The van der Waals surface area contributed by atoms with Crippen LogP contribution in [0.2, 0.25) is 0 Å². The van der Waals surface area contributed by atoms with Gasteiger partial charge in [-0.3, -0.25) is 0 Å². The Labute approximate surface area is 62.7 Å². The van der Waals surface area contributed by atoms with Crippen LogP contribution in [-0.4, -0.2) is 40.3 Å². The summed E-state index contributed by atoms with van der Waals surface area (Å²) in [5, 5.41) is 24.5. The highest BCUT2D eigenvalue weighted by Gasteiger charge is 2.20. The number of hydrogen-bond donors (Lipinski definition) is 3. The first kappa shape index (κ1) is 12.3. The molecular weight excluding hydrogens is 162 g/mol. The van der Waals surface area contributed by atoms with E-state index in [1.54, 1.807) is 0 Å². The van der Waals surface area contributed by atoms with Crippen molar-refractivity contribution in [2.45, 2.75) is 5.16 Å². The Morgan fingerprint density at radius 3 is 1.22 bits per heavy atom. The van der Waals surface area contributed by atoms with E-state index in [2.05, 4.69) is 9.24 Å². The van der Waals surface area contributed by atoms with Crippen LogP contribution in [0.1, 0.15) is 0 Å². The topological polar surface area (TPSA) is 60.7 Å². The lowest BCUT2D eigenvalue weighted by atomic mass is 10.2. The van der Waals surface area contributed by atoms with E-state index in [-0.39, 0.29) is 32.2 Å². The molecule has 0 saturated heterocycles. The smallest absolute Gasteiger partial charge is 0.0566 e. The number of halogens is 1. The van der Waals surface area contributed by atoms with Gasteiger partial charge in [-0.25, -0.2) is 0 Å². The Kier molecular flexibility index (Phi) is 7.36. The number of rotatable bonds is 3. The van der Waals surface area contributed by atoms with Crippen LogP contribution in [-0.2, 0) is 0 Å². The van der Waals surface area contributed by atoms with Gasteiger partial charge < -0.3 is 15.3 Å². The van der Waals surface area contributed by atoms with Crippen molar-refractivity contribution in [2.75, 3.05) is 19.8 Å². The molecule has 3 nitrogen and oxygen atoms in total. The Bertz CT molecular complexity index is 58.6. The van der Waals surface area contributed by atoms with Gasteiger partial charge in [0, 0.05) is 0 Å². The van der Waals surface area contributed by atoms with Crippen LogP contribution in [0, 0.1) is 0 Å². The second-order valence-corrected chi connectivity index (χ2v) is 3.06. The summed E-state index contributed by atoms with van der Waals surface area (Å²) in [5.74, 6) is 0. The van der Waals surface area contributed by atoms with Crippen molar-refractivity contribution in [3.63, 3.8) is 0 Å². The lowest BCUT2D eigenvalue weighted by Gasteiger charge is -2.19. The molecule has 3 N–H and O–H groups in total. The van der Waals surface area contributed by atoms with Crippen LogP contribution >= 0.6 is 21.6 Å². The average Bonchev–Trinajstić information content (AvgIpc) is 1.87. The molecule has 0 aliphatic heterocycles. The first-order valence-corrected chi connectivity index (χ1v) is 2.88. The van der Waals surface area contributed by atoms with E-state index in [0.717, 1.165) is 0 Å². The van der Waals surface area contributed by atoms with E-state index in [1.807, 2.05) is 0 Å². The Balaban J connectivity index is 0. The van der Waals surface area contributed by atoms with E-state index in [1.165, 1.54) is 0 Å². The molecule has 0 aromatic carbocycles. The molecule has 0 spiro atoms. The number of hydrogen-bond acceptors (Lipinski definition) is 3. The minimum atomic E-state index is -0.792. The van der Waals surface area contributed by atoms with Crippen LogP contribution in [0.25, 0.3) is 0 Å². The second kappa shape index (κ2) is 5.39. The van der Waals surface area contributed by atoms with Crippen LogP contribution in [0.3, 0.4) is 0 Å². The van der Waals surface area contributed by atoms with Gasteiger partial charge in [0.25, 0.3) is 0 Å². The quantitative estimate of drug-likeness (QED) is 0.481. The summed E-state index contributed by atoms with van der Waals surface area (Å²) in [4.78, 5) is 0. The molecule has 1 atom stereocenters. The molecular formula is C4H12ClO3P. The van der Waals surface area contributed by atoms with Crippen LogP contribution < -0.4 is 0 Å². The third-order valence-electron chi connectivity index (χ3n) is 0.945. The summed E-state index contributed by atoms with van der Waals surface area (Å²) in [7, 11) is 2.19. The van der Waals surface area contributed by atoms with E-state index in [0.29, 0.717) is 0 Å². The summed E-state index contributed by atoms with van der Waals surface area (Å²) in [6, 6.07) is 0. The summed E-state index contributed by atoms with van der Waals surface area (Å²) >= 11 is 0. The number of aliphatic hydroxyl groups is 3. The zero-order chi connectivity index (χ0) is 6.62. The highest BCUT2D eigenvalue weighted by molar-refractivity contribution is 7.19. The lowest BCUT2D eigenvalue weighted by molar-refractivity contribution is 0.119. The summed E-state index contributed by atoms with van der Waals surface area (Å²) in [6.45, 7) is -0.653. The number of aliphatic hydroxyl groups excluding tert-OH is 3. The Morgan fingerprint density at radius 2 is 1.22 bits per heavy atom. The molecule has 0 rings (SSSR count).